The molecule has 5 nitrogen and oxygen atoms in total. The molecule has 2 aromatic carbocycles. The predicted octanol–water partition coefficient (Wildman–Crippen LogP) is 3.38. The molecule has 0 spiro atoms. The van der Waals surface area contributed by atoms with Crippen LogP contribution in [0.5, 0.6) is 0 Å². The second-order valence-electron chi connectivity index (χ2n) is 6.84. The van der Waals surface area contributed by atoms with Gasteiger partial charge in [0, 0.05) is 30.3 Å². The van der Waals surface area contributed by atoms with E-state index in [-0.39, 0.29) is 28.9 Å². The van der Waals surface area contributed by atoms with E-state index in [1.807, 2.05) is 24.3 Å². The Bertz CT molecular complexity index is 1050. The van der Waals surface area contributed by atoms with Crippen molar-refractivity contribution in [2.24, 2.45) is 0 Å². The molecule has 1 atom stereocenters. The lowest BCUT2D eigenvalue weighted by atomic mass is 10.0. The zero-order valence-corrected chi connectivity index (χ0v) is 14.7. The third-order valence-electron chi connectivity index (χ3n) is 4.89. The Labute approximate surface area is 155 Å². The topological polar surface area (TPSA) is 65.2 Å². The maximum atomic E-state index is 13.4. The van der Waals surface area contributed by atoms with Gasteiger partial charge in [-0.25, -0.2) is 4.39 Å². The molecule has 6 heteroatoms. The number of benzene rings is 2. The van der Waals surface area contributed by atoms with E-state index < -0.39 is 0 Å². The number of nitrogens with one attached hydrogen (secondary N) is 2. The molecule has 1 aliphatic heterocycles. The molecule has 1 aliphatic rings. The summed E-state index contributed by atoms with van der Waals surface area (Å²) >= 11 is 0. The Morgan fingerprint density at radius 2 is 2.00 bits per heavy atom. The number of likely N-dealkylation sites (tertiary alicyclic amines) is 1. The fraction of sp³-hybridized carbons (Fsp3) is 0.238. The maximum Gasteiger partial charge on any atom is 0.261 e. The van der Waals surface area contributed by atoms with Crippen molar-refractivity contribution in [3.05, 3.63) is 76.3 Å². The van der Waals surface area contributed by atoms with Crippen LogP contribution in [0.15, 0.2) is 59.4 Å². The molecule has 0 radical (unpaired) electrons. The highest BCUT2D eigenvalue weighted by Crippen LogP contribution is 2.19. The first-order valence-corrected chi connectivity index (χ1v) is 9.03. The van der Waals surface area contributed by atoms with Crippen LogP contribution in [0.25, 0.3) is 10.9 Å². The largest absolute Gasteiger partial charge is 0.380 e. The molecule has 138 valence electrons. The lowest BCUT2D eigenvalue weighted by Gasteiger charge is -2.33. The molecule has 1 amide bonds. The number of aromatic nitrogens is 1. The average molecular weight is 365 g/mol. The van der Waals surface area contributed by atoms with Gasteiger partial charge in [-0.2, -0.15) is 0 Å². The van der Waals surface area contributed by atoms with Crippen molar-refractivity contribution in [1.82, 2.24) is 9.88 Å². The van der Waals surface area contributed by atoms with Crippen LogP contribution in [-0.2, 0) is 0 Å². The lowest BCUT2D eigenvalue weighted by molar-refractivity contribution is 0.0713. The molecular weight excluding hydrogens is 345 g/mol. The Morgan fingerprint density at radius 3 is 2.85 bits per heavy atom. The van der Waals surface area contributed by atoms with Crippen LogP contribution in [-0.4, -0.2) is 34.9 Å². The molecule has 4 rings (SSSR count). The number of amides is 1. The number of rotatable bonds is 3. The van der Waals surface area contributed by atoms with Crippen molar-refractivity contribution in [3.8, 4) is 0 Å². The summed E-state index contributed by atoms with van der Waals surface area (Å²) in [5.41, 5.74) is 1.18. The number of nitrogens with zero attached hydrogens (tertiary/aromatic N) is 1. The summed E-state index contributed by atoms with van der Waals surface area (Å²) in [5, 5.41) is 4.11. The van der Waals surface area contributed by atoms with E-state index in [9.17, 15) is 14.0 Å². The molecule has 3 aromatic rings. The highest BCUT2D eigenvalue weighted by Gasteiger charge is 2.26. The fourth-order valence-electron chi connectivity index (χ4n) is 3.57. The predicted molar refractivity (Wildman–Crippen MR) is 104 cm³/mol. The minimum Gasteiger partial charge on any atom is -0.380 e. The van der Waals surface area contributed by atoms with E-state index in [0.717, 1.165) is 18.2 Å². The van der Waals surface area contributed by atoms with Crippen LogP contribution < -0.4 is 10.9 Å². The summed E-state index contributed by atoms with van der Waals surface area (Å²) < 4.78 is 13.4. The molecule has 0 saturated carbocycles. The standard InChI is InChI=1S/C21H20FN3O2/c22-15-6-3-7-16(12-15)23-17-8-4-10-25(13-17)21(27)18-11-14-5-1-2-9-19(14)24-20(18)26/h1-3,5-7,9,11-12,17,23H,4,8,10,13H2,(H,24,26). The normalized spacial score (nSPS) is 17.1. The molecule has 2 N–H and O–H groups in total. The smallest absolute Gasteiger partial charge is 0.261 e. The Kier molecular flexibility index (Phi) is 4.62. The zero-order chi connectivity index (χ0) is 18.8. The van der Waals surface area contributed by atoms with Crippen LogP contribution >= 0.6 is 0 Å². The van der Waals surface area contributed by atoms with Gasteiger partial charge in [0.2, 0.25) is 0 Å². The zero-order valence-electron chi connectivity index (χ0n) is 14.7. The van der Waals surface area contributed by atoms with Crippen LogP contribution in [0.2, 0.25) is 0 Å². The second-order valence-corrected chi connectivity index (χ2v) is 6.84. The summed E-state index contributed by atoms with van der Waals surface area (Å²) in [4.78, 5) is 29.8. The summed E-state index contributed by atoms with van der Waals surface area (Å²) in [6.45, 7) is 1.08. The van der Waals surface area contributed by atoms with Gasteiger partial charge in [0.15, 0.2) is 0 Å². The van der Waals surface area contributed by atoms with Gasteiger partial charge in [0.25, 0.3) is 11.5 Å². The summed E-state index contributed by atoms with van der Waals surface area (Å²) in [6.07, 6.45) is 1.71. The first kappa shape index (κ1) is 17.3. The average Bonchev–Trinajstić information content (AvgIpc) is 2.67. The highest BCUT2D eigenvalue weighted by molar-refractivity contribution is 5.97. The van der Waals surface area contributed by atoms with E-state index in [1.54, 1.807) is 23.1 Å². The summed E-state index contributed by atoms with van der Waals surface area (Å²) in [7, 11) is 0. The number of piperidine rings is 1. The van der Waals surface area contributed by atoms with Crippen molar-refractivity contribution in [2.75, 3.05) is 18.4 Å². The molecule has 0 aliphatic carbocycles. The number of hydrogen-bond acceptors (Lipinski definition) is 3. The molecule has 1 unspecified atom stereocenters. The second kappa shape index (κ2) is 7.23. The van der Waals surface area contributed by atoms with E-state index in [4.69, 9.17) is 0 Å². The van der Waals surface area contributed by atoms with Gasteiger partial charge in [-0.05, 0) is 48.6 Å². The number of pyridine rings is 1. The van der Waals surface area contributed by atoms with E-state index >= 15 is 0 Å². The molecule has 27 heavy (non-hydrogen) atoms. The van der Waals surface area contributed by atoms with Crippen LogP contribution in [0.3, 0.4) is 0 Å². The number of anilines is 1. The van der Waals surface area contributed by atoms with Crippen molar-refractivity contribution >= 4 is 22.5 Å². The van der Waals surface area contributed by atoms with Gasteiger partial charge >= 0.3 is 0 Å². The van der Waals surface area contributed by atoms with Crippen molar-refractivity contribution < 1.29 is 9.18 Å². The van der Waals surface area contributed by atoms with Gasteiger partial charge in [-0.1, -0.05) is 24.3 Å². The Hall–Kier alpha value is -3.15. The number of aromatic amines is 1. The van der Waals surface area contributed by atoms with E-state index in [0.29, 0.717) is 24.3 Å². The molecule has 1 fully saturated rings. The molecule has 1 saturated heterocycles. The third kappa shape index (κ3) is 3.69. The lowest BCUT2D eigenvalue weighted by Crippen LogP contribution is -2.46. The van der Waals surface area contributed by atoms with Gasteiger partial charge in [0.1, 0.15) is 11.4 Å². The number of para-hydroxylation sites is 1. The van der Waals surface area contributed by atoms with E-state index in [2.05, 4.69) is 10.3 Å². The van der Waals surface area contributed by atoms with Crippen molar-refractivity contribution in [3.63, 3.8) is 0 Å². The van der Waals surface area contributed by atoms with Crippen LogP contribution in [0.1, 0.15) is 23.2 Å². The van der Waals surface area contributed by atoms with Gasteiger partial charge in [-0.3, -0.25) is 9.59 Å². The minimum atomic E-state index is -0.376. The summed E-state index contributed by atoms with van der Waals surface area (Å²) in [6, 6.07) is 15.3. The maximum absolute atomic E-state index is 13.4. The first-order chi connectivity index (χ1) is 13.1. The monoisotopic (exact) mass is 365 g/mol. The Morgan fingerprint density at radius 1 is 1.15 bits per heavy atom. The number of H-pyrrole nitrogens is 1. The number of halogens is 1. The number of fused-ring (bicyclic) bond motifs is 1. The number of carbonyl (C=O) groups is 1. The van der Waals surface area contributed by atoms with Gasteiger partial charge < -0.3 is 15.2 Å². The SMILES string of the molecule is O=C(c1cc2ccccc2[nH]c1=O)N1CCCC(Nc2cccc(F)c2)C1. The van der Waals surface area contributed by atoms with Crippen LogP contribution in [0.4, 0.5) is 10.1 Å². The molecule has 2 heterocycles. The highest BCUT2D eigenvalue weighted by atomic mass is 19.1. The molecule has 0 bridgehead atoms. The summed E-state index contributed by atoms with van der Waals surface area (Å²) in [5.74, 6) is -0.570. The van der Waals surface area contributed by atoms with Crippen molar-refractivity contribution in [1.29, 1.82) is 0 Å². The number of carbonyl (C=O) groups excluding carboxylic acids is 1. The molecular formula is C21H20FN3O2. The quantitative estimate of drug-likeness (QED) is 0.748. The van der Waals surface area contributed by atoms with Crippen LogP contribution in [0, 0.1) is 5.82 Å². The third-order valence-corrected chi connectivity index (χ3v) is 4.89. The molecule has 1 aromatic heterocycles. The van der Waals surface area contributed by atoms with Gasteiger partial charge in [-0.15, -0.1) is 0 Å². The van der Waals surface area contributed by atoms with Crippen molar-refractivity contribution in [2.45, 2.75) is 18.9 Å². The van der Waals surface area contributed by atoms with E-state index in [1.165, 1.54) is 12.1 Å². The van der Waals surface area contributed by atoms with Gasteiger partial charge in [0.05, 0.1) is 0 Å². The first-order valence-electron chi connectivity index (χ1n) is 9.03. The fourth-order valence-corrected chi connectivity index (χ4v) is 3.57. The Balaban J connectivity index is 1.53. The number of hydrogen-bond donors (Lipinski definition) is 2. The minimum absolute atomic E-state index is 0.0176.